The highest BCUT2D eigenvalue weighted by Gasteiger charge is 2.17. The van der Waals surface area contributed by atoms with Crippen molar-refractivity contribution in [1.82, 2.24) is 14.9 Å². The predicted octanol–water partition coefficient (Wildman–Crippen LogP) is 4.75. The molecule has 1 aliphatic rings. The Morgan fingerprint density at radius 2 is 2.18 bits per heavy atom. The number of aromatic nitrogens is 2. The van der Waals surface area contributed by atoms with Crippen LogP contribution in [0.5, 0.6) is 0 Å². The van der Waals surface area contributed by atoms with Crippen LogP contribution >= 0.6 is 0 Å². The zero-order valence-corrected chi connectivity index (χ0v) is 18.6. The number of aryl methyl sites for hydroxylation is 1. The van der Waals surface area contributed by atoms with Crippen molar-refractivity contribution in [3.63, 3.8) is 0 Å². The minimum absolute atomic E-state index is 0.283. The van der Waals surface area contributed by atoms with E-state index in [1.165, 1.54) is 0 Å². The Kier molecular flexibility index (Phi) is 7.22. The molecule has 1 amide bonds. The van der Waals surface area contributed by atoms with Crippen LogP contribution in [0.4, 0.5) is 16.2 Å². The predicted molar refractivity (Wildman–Crippen MR) is 127 cm³/mol. The standard InChI is InChI=1S/C25H27N5O3/c1-18-21-8-9-28-23(21)7-6-22(18)29-24-19(16-27-17-20(24)15-26)5-3-2-4-12-33-25(31)30-10-13-32-14-11-30/h3,5-9,16-17,28H,2,4,10-14H2,1H3,(H,27,29). The minimum Gasteiger partial charge on any atom is -0.449 e. The van der Waals surface area contributed by atoms with Crippen LogP contribution < -0.4 is 5.32 Å². The molecule has 0 radical (unpaired) electrons. The van der Waals surface area contributed by atoms with E-state index in [2.05, 4.69) is 28.3 Å². The summed E-state index contributed by atoms with van der Waals surface area (Å²) in [6.45, 7) is 4.68. The lowest BCUT2D eigenvalue weighted by atomic mass is 10.1. The Bertz CT molecular complexity index is 1190. The van der Waals surface area contributed by atoms with E-state index in [-0.39, 0.29) is 6.09 Å². The number of nitrogens with zero attached hydrogens (tertiary/aromatic N) is 3. The third kappa shape index (κ3) is 5.33. The summed E-state index contributed by atoms with van der Waals surface area (Å²) in [4.78, 5) is 21.1. The SMILES string of the molecule is Cc1c(Nc2c(C#N)cncc2C=CCCCOC(=O)N2CCOCC2)ccc2[nH]ccc12. The topological polar surface area (TPSA) is 103 Å². The maximum atomic E-state index is 12.0. The van der Waals surface area contributed by atoms with Gasteiger partial charge >= 0.3 is 6.09 Å². The third-order valence-corrected chi connectivity index (χ3v) is 5.67. The molecule has 33 heavy (non-hydrogen) atoms. The lowest BCUT2D eigenvalue weighted by molar-refractivity contribution is 0.0270. The summed E-state index contributed by atoms with van der Waals surface area (Å²) in [5.41, 5.74) is 5.14. The minimum atomic E-state index is -0.283. The molecule has 1 aromatic carbocycles. The number of allylic oxidation sites excluding steroid dienone is 1. The number of pyridine rings is 1. The molecular weight excluding hydrogens is 418 g/mol. The Balaban J connectivity index is 1.38. The summed E-state index contributed by atoms with van der Waals surface area (Å²) in [5.74, 6) is 0. The van der Waals surface area contributed by atoms with Crippen molar-refractivity contribution in [2.24, 2.45) is 0 Å². The first-order valence-electron chi connectivity index (χ1n) is 11.0. The van der Waals surface area contributed by atoms with Crippen LogP contribution in [0.15, 0.2) is 42.9 Å². The Hall–Kier alpha value is -3.83. The highest BCUT2D eigenvalue weighted by molar-refractivity contribution is 5.89. The molecule has 0 bridgehead atoms. The van der Waals surface area contributed by atoms with Gasteiger partial charge in [0.1, 0.15) is 6.07 Å². The number of ether oxygens (including phenoxy) is 2. The number of morpholine rings is 1. The fourth-order valence-electron chi connectivity index (χ4n) is 3.79. The van der Waals surface area contributed by atoms with Crippen LogP contribution in [0.2, 0.25) is 0 Å². The molecule has 3 heterocycles. The van der Waals surface area contributed by atoms with Crippen LogP contribution in [-0.4, -0.2) is 53.9 Å². The van der Waals surface area contributed by atoms with E-state index < -0.39 is 0 Å². The quantitative estimate of drug-likeness (QED) is 0.509. The van der Waals surface area contributed by atoms with Crippen molar-refractivity contribution in [2.75, 3.05) is 38.2 Å². The van der Waals surface area contributed by atoms with Crippen LogP contribution in [0.1, 0.15) is 29.5 Å². The molecule has 0 atom stereocenters. The van der Waals surface area contributed by atoms with Gasteiger partial charge < -0.3 is 24.7 Å². The summed E-state index contributed by atoms with van der Waals surface area (Å²) < 4.78 is 10.6. The Morgan fingerprint density at radius 1 is 1.33 bits per heavy atom. The first-order chi connectivity index (χ1) is 16.2. The second kappa shape index (κ2) is 10.7. The molecule has 8 nitrogen and oxygen atoms in total. The number of H-pyrrole nitrogens is 1. The van der Waals surface area contributed by atoms with Crippen molar-refractivity contribution < 1.29 is 14.3 Å². The first-order valence-corrected chi connectivity index (χ1v) is 11.0. The molecule has 3 aromatic rings. The van der Waals surface area contributed by atoms with Gasteiger partial charge in [-0.15, -0.1) is 0 Å². The molecular formula is C25H27N5O3. The van der Waals surface area contributed by atoms with E-state index in [1.54, 1.807) is 17.3 Å². The fourth-order valence-corrected chi connectivity index (χ4v) is 3.79. The van der Waals surface area contributed by atoms with E-state index in [0.717, 1.165) is 39.8 Å². The average Bonchev–Trinajstić information content (AvgIpc) is 3.34. The van der Waals surface area contributed by atoms with Gasteiger partial charge in [-0.25, -0.2) is 4.79 Å². The van der Waals surface area contributed by atoms with Gasteiger partial charge in [-0.05, 0) is 43.5 Å². The lowest BCUT2D eigenvalue weighted by Crippen LogP contribution is -2.41. The molecule has 2 aromatic heterocycles. The monoisotopic (exact) mass is 445 g/mol. The molecule has 0 saturated carbocycles. The second-order valence-electron chi connectivity index (χ2n) is 7.82. The van der Waals surface area contributed by atoms with Crippen molar-refractivity contribution in [3.05, 3.63) is 59.6 Å². The molecule has 0 aliphatic carbocycles. The number of nitriles is 1. The number of rotatable bonds is 7. The molecule has 4 rings (SSSR count). The number of aromatic amines is 1. The number of nitrogens with one attached hydrogen (secondary N) is 2. The van der Waals surface area contributed by atoms with Gasteiger partial charge in [-0.1, -0.05) is 12.2 Å². The van der Waals surface area contributed by atoms with Gasteiger partial charge in [-0.2, -0.15) is 5.26 Å². The van der Waals surface area contributed by atoms with Crippen LogP contribution in [-0.2, 0) is 9.47 Å². The van der Waals surface area contributed by atoms with Gasteiger partial charge in [0.25, 0.3) is 0 Å². The number of anilines is 2. The number of fused-ring (bicyclic) bond motifs is 1. The summed E-state index contributed by atoms with van der Waals surface area (Å²) in [5, 5.41) is 14.2. The fraction of sp³-hybridized carbons (Fsp3) is 0.320. The average molecular weight is 446 g/mol. The molecule has 1 fully saturated rings. The van der Waals surface area contributed by atoms with Crippen LogP contribution in [0, 0.1) is 18.3 Å². The van der Waals surface area contributed by atoms with Gasteiger partial charge in [0, 0.05) is 53.8 Å². The maximum absolute atomic E-state index is 12.0. The van der Waals surface area contributed by atoms with E-state index in [1.807, 2.05) is 36.5 Å². The number of carbonyl (C=O) groups excluding carboxylic acids is 1. The van der Waals surface area contributed by atoms with Gasteiger partial charge in [0.05, 0.1) is 31.1 Å². The van der Waals surface area contributed by atoms with Gasteiger partial charge in [0.2, 0.25) is 0 Å². The molecule has 2 N–H and O–H groups in total. The molecule has 1 saturated heterocycles. The number of hydrogen-bond donors (Lipinski definition) is 2. The second-order valence-corrected chi connectivity index (χ2v) is 7.82. The number of carbonyl (C=O) groups is 1. The molecule has 0 spiro atoms. The number of benzene rings is 1. The molecule has 8 heteroatoms. The smallest absolute Gasteiger partial charge is 0.409 e. The highest BCUT2D eigenvalue weighted by atomic mass is 16.6. The van der Waals surface area contributed by atoms with Crippen molar-refractivity contribution in [2.45, 2.75) is 19.8 Å². The van der Waals surface area contributed by atoms with Crippen LogP contribution in [0.3, 0.4) is 0 Å². The summed E-state index contributed by atoms with van der Waals surface area (Å²) >= 11 is 0. The normalized spacial score (nSPS) is 13.9. The summed E-state index contributed by atoms with van der Waals surface area (Å²) in [6.07, 6.45) is 10.3. The number of hydrogen-bond acceptors (Lipinski definition) is 6. The number of amides is 1. The molecule has 0 unspecified atom stereocenters. The van der Waals surface area contributed by atoms with Crippen molar-refractivity contribution >= 4 is 34.4 Å². The van der Waals surface area contributed by atoms with E-state index >= 15 is 0 Å². The molecule has 1 aliphatic heterocycles. The lowest BCUT2D eigenvalue weighted by Gasteiger charge is -2.25. The first kappa shape index (κ1) is 22.4. The summed E-state index contributed by atoms with van der Waals surface area (Å²) in [7, 11) is 0. The number of unbranched alkanes of at least 4 members (excludes halogenated alkanes) is 1. The largest absolute Gasteiger partial charge is 0.449 e. The third-order valence-electron chi connectivity index (χ3n) is 5.67. The summed E-state index contributed by atoms with van der Waals surface area (Å²) in [6, 6.07) is 8.29. The van der Waals surface area contributed by atoms with Crippen molar-refractivity contribution in [3.8, 4) is 6.07 Å². The van der Waals surface area contributed by atoms with Crippen LogP contribution in [0.25, 0.3) is 17.0 Å². The maximum Gasteiger partial charge on any atom is 0.409 e. The highest BCUT2D eigenvalue weighted by Crippen LogP contribution is 2.30. The zero-order chi connectivity index (χ0) is 23.0. The van der Waals surface area contributed by atoms with E-state index in [9.17, 15) is 10.1 Å². The van der Waals surface area contributed by atoms with E-state index in [0.29, 0.717) is 44.9 Å². The zero-order valence-electron chi connectivity index (χ0n) is 18.6. The van der Waals surface area contributed by atoms with Gasteiger partial charge in [-0.3, -0.25) is 4.98 Å². The van der Waals surface area contributed by atoms with E-state index in [4.69, 9.17) is 9.47 Å². The van der Waals surface area contributed by atoms with Crippen molar-refractivity contribution in [1.29, 1.82) is 5.26 Å². The Labute approximate surface area is 192 Å². The van der Waals surface area contributed by atoms with Gasteiger partial charge in [0.15, 0.2) is 0 Å². The molecule has 170 valence electrons. The Morgan fingerprint density at radius 3 is 3.00 bits per heavy atom.